The molecular weight excluding hydrogens is 569 g/mol. The van der Waals surface area contributed by atoms with Crippen LogP contribution in [-0.4, -0.2) is 43.2 Å². The number of hydrogen-bond acceptors (Lipinski definition) is 9. The van der Waals surface area contributed by atoms with Crippen LogP contribution in [0, 0.1) is 5.41 Å². The number of anilines is 1. The smallest absolute Gasteiger partial charge is 0.418 e. The first-order valence-corrected chi connectivity index (χ1v) is 12.7. The zero-order chi connectivity index (χ0) is 26.7. The van der Waals surface area contributed by atoms with Crippen molar-refractivity contribution < 1.29 is 35.5 Å². The van der Waals surface area contributed by atoms with Crippen LogP contribution in [0.1, 0.15) is 18.4 Å². The van der Waals surface area contributed by atoms with Crippen LogP contribution in [0.3, 0.4) is 0 Å². The molecule has 0 atom stereocenters. The number of benzene rings is 2. The Hall–Kier alpha value is -3.52. The molecule has 3 rings (SSSR count). The largest absolute Gasteiger partial charge is 0.461 e. The van der Waals surface area contributed by atoms with Gasteiger partial charge in [0.1, 0.15) is 5.70 Å². The quantitative estimate of drug-likeness (QED) is 0.280. The zero-order valence-electron chi connectivity index (χ0n) is 18.7. The summed E-state index contributed by atoms with van der Waals surface area (Å²) in [6, 6.07) is 10.2. The standard InChI is InChI=1S/C22H18BrF3N4O5S/c1-3-34-21(31)17(27)16(23)18(28-15-10-5-4-9-14(15)22(24,25)26)20-30-29-19(35-20)12-7-6-8-13(11-12)36(2,32)33/h4-11,27-28H,3H2,1-2H3/b18-16+,27-17?. The molecule has 190 valence electrons. The number of halogens is 4. The van der Waals surface area contributed by atoms with Crippen LogP contribution in [0.4, 0.5) is 18.9 Å². The molecule has 9 nitrogen and oxygen atoms in total. The summed E-state index contributed by atoms with van der Waals surface area (Å²) in [5, 5.41) is 18.3. The molecule has 0 aliphatic rings. The van der Waals surface area contributed by atoms with E-state index < -0.39 is 38.9 Å². The summed E-state index contributed by atoms with van der Waals surface area (Å²) < 4.78 is 74.6. The maximum atomic E-state index is 13.6. The van der Waals surface area contributed by atoms with Crippen LogP contribution in [-0.2, 0) is 25.5 Å². The first-order chi connectivity index (χ1) is 16.8. The number of aromatic nitrogens is 2. The van der Waals surface area contributed by atoms with E-state index in [9.17, 15) is 26.4 Å². The highest BCUT2D eigenvalue weighted by Crippen LogP contribution is 2.37. The maximum absolute atomic E-state index is 13.6. The van der Waals surface area contributed by atoms with E-state index in [1.54, 1.807) is 0 Å². The molecule has 14 heteroatoms. The van der Waals surface area contributed by atoms with Gasteiger partial charge in [-0.1, -0.05) is 18.2 Å². The van der Waals surface area contributed by atoms with Crippen LogP contribution < -0.4 is 5.32 Å². The number of ether oxygens (including phenoxy) is 1. The maximum Gasteiger partial charge on any atom is 0.418 e. The van der Waals surface area contributed by atoms with E-state index in [1.807, 2.05) is 0 Å². The molecule has 0 spiro atoms. The van der Waals surface area contributed by atoms with Gasteiger partial charge in [-0.3, -0.25) is 5.41 Å². The number of carbonyl (C=O) groups excluding carboxylic acids is 1. The lowest BCUT2D eigenvalue weighted by molar-refractivity contribution is -0.137. The predicted octanol–water partition coefficient (Wildman–Crippen LogP) is 4.92. The van der Waals surface area contributed by atoms with Gasteiger partial charge in [0.25, 0.3) is 5.89 Å². The molecule has 0 saturated carbocycles. The van der Waals surface area contributed by atoms with Crippen molar-refractivity contribution in [3.8, 4) is 11.5 Å². The minimum absolute atomic E-state index is 0.0157. The van der Waals surface area contributed by atoms with Gasteiger partial charge in [-0.15, -0.1) is 10.2 Å². The third-order valence-electron chi connectivity index (χ3n) is 4.56. The molecule has 0 aliphatic heterocycles. The van der Waals surface area contributed by atoms with E-state index in [4.69, 9.17) is 14.6 Å². The van der Waals surface area contributed by atoms with Crippen LogP contribution in [0.25, 0.3) is 17.2 Å². The monoisotopic (exact) mass is 586 g/mol. The third kappa shape index (κ3) is 6.18. The van der Waals surface area contributed by atoms with Gasteiger partial charge in [0, 0.05) is 11.8 Å². The summed E-state index contributed by atoms with van der Waals surface area (Å²) in [6.07, 6.45) is -3.70. The number of hydrogen-bond donors (Lipinski definition) is 2. The zero-order valence-corrected chi connectivity index (χ0v) is 21.1. The number of alkyl halides is 3. The van der Waals surface area contributed by atoms with Crippen molar-refractivity contribution >= 4 is 48.8 Å². The number of nitrogens with zero attached hydrogens (tertiary/aromatic N) is 2. The normalized spacial score (nSPS) is 12.6. The van der Waals surface area contributed by atoms with Crippen LogP contribution in [0.2, 0.25) is 0 Å². The van der Waals surface area contributed by atoms with Gasteiger partial charge < -0.3 is 14.5 Å². The molecule has 1 heterocycles. The Bertz CT molecular complexity index is 1450. The van der Waals surface area contributed by atoms with Crippen molar-refractivity contribution in [3.63, 3.8) is 0 Å². The van der Waals surface area contributed by atoms with Crippen LogP contribution >= 0.6 is 15.9 Å². The Labute approximate surface area is 211 Å². The van der Waals surface area contributed by atoms with Crippen molar-refractivity contribution in [2.45, 2.75) is 18.0 Å². The first kappa shape index (κ1) is 27.1. The van der Waals surface area contributed by atoms with Crippen molar-refractivity contribution in [2.75, 3.05) is 18.2 Å². The molecule has 0 aliphatic carbocycles. The van der Waals surface area contributed by atoms with Crippen molar-refractivity contribution in [1.82, 2.24) is 10.2 Å². The summed E-state index contributed by atoms with van der Waals surface area (Å²) in [5.74, 6) is -1.58. The molecule has 0 unspecified atom stereocenters. The molecule has 0 bridgehead atoms. The summed E-state index contributed by atoms with van der Waals surface area (Å²) >= 11 is 3.06. The molecule has 36 heavy (non-hydrogen) atoms. The molecule has 0 fully saturated rings. The Kier molecular flexibility index (Phi) is 7.99. The molecule has 0 radical (unpaired) electrons. The van der Waals surface area contributed by atoms with Gasteiger partial charge in [0.2, 0.25) is 5.89 Å². The predicted molar refractivity (Wildman–Crippen MR) is 128 cm³/mol. The molecular formula is C22H18BrF3N4O5S. The highest BCUT2D eigenvalue weighted by Gasteiger charge is 2.34. The Morgan fingerprint density at radius 1 is 1.17 bits per heavy atom. The van der Waals surface area contributed by atoms with Gasteiger partial charge in [0.15, 0.2) is 15.5 Å². The minimum atomic E-state index is -4.72. The number of rotatable bonds is 8. The second-order valence-electron chi connectivity index (χ2n) is 7.17. The summed E-state index contributed by atoms with van der Waals surface area (Å²) in [6.45, 7) is 1.49. The fraction of sp³-hybridized carbons (Fsp3) is 0.182. The second kappa shape index (κ2) is 10.6. The minimum Gasteiger partial charge on any atom is -0.461 e. The van der Waals surface area contributed by atoms with Crippen LogP contribution in [0.5, 0.6) is 0 Å². The topological polar surface area (TPSA) is 135 Å². The number of para-hydroxylation sites is 1. The van der Waals surface area contributed by atoms with E-state index in [-0.39, 0.29) is 39.0 Å². The Balaban J connectivity index is 2.13. The fourth-order valence-corrected chi connectivity index (χ4v) is 3.99. The lowest BCUT2D eigenvalue weighted by Gasteiger charge is -2.16. The molecule has 0 saturated heterocycles. The Morgan fingerprint density at radius 2 is 1.86 bits per heavy atom. The Morgan fingerprint density at radius 3 is 2.50 bits per heavy atom. The number of esters is 1. The number of sulfone groups is 1. The average Bonchev–Trinajstić information content (AvgIpc) is 3.31. The fourth-order valence-electron chi connectivity index (χ4n) is 2.89. The summed E-state index contributed by atoms with van der Waals surface area (Å²) in [7, 11) is -3.55. The first-order valence-electron chi connectivity index (χ1n) is 10.1. The second-order valence-corrected chi connectivity index (χ2v) is 9.97. The van der Waals surface area contributed by atoms with E-state index in [2.05, 4.69) is 31.4 Å². The summed E-state index contributed by atoms with van der Waals surface area (Å²) in [5.41, 5.74) is -2.24. The van der Waals surface area contributed by atoms with Crippen LogP contribution in [0.15, 0.2) is 62.3 Å². The number of nitrogens with one attached hydrogen (secondary N) is 2. The highest BCUT2D eigenvalue weighted by atomic mass is 79.9. The lowest BCUT2D eigenvalue weighted by atomic mass is 10.1. The van der Waals surface area contributed by atoms with Gasteiger partial charge >= 0.3 is 12.1 Å². The summed E-state index contributed by atoms with van der Waals surface area (Å²) in [4.78, 5) is 12.1. The van der Waals surface area contributed by atoms with E-state index in [0.29, 0.717) is 0 Å². The van der Waals surface area contributed by atoms with Crippen molar-refractivity contribution in [3.05, 3.63) is 64.5 Å². The highest BCUT2D eigenvalue weighted by molar-refractivity contribution is 9.12. The van der Waals surface area contributed by atoms with E-state index >= 15 is 0 Å². The van der Waals surface area contributed by atoms with Gasteiger partial charge in [-0.25, -0.2) is 13.2 Å². The van der Waals surface area contributed by atoms with Crippen molar-refractivity contribution in [2.24, 2.45) is 0 Å². The van der Waals surface area contributed by atoms with Gasteiger partial charge in [0.05, 0.1) is 27.2 Å². The van der Waals surface area contributed by atoms with E-state index in [1.165, 1.54) is 43.3 Å². The lowest BCUT2D eigenvalue weighted by Crippen LogP contribution is -2.19. The van der Waals surface area contributed by atoms with E-state index in [0.717, 1.165) is 18.4 Å². The molecule has 2 N–H and O–H groups in total. The molecule has 1 aromatic heterocycles. The molecule has 0 amide bonds. The average molecular weight is 587 g/mol. The molecule has 2 aromatic carbocycles. The number of carbonyl (C=O) groups is 1. The third-order valence-corrected chi connectivity index (χ3v) is 6.46. The van der Waals surface area contributed by atoms with Gasteiger partial charge in [-0.05, 0) is 53.2 Å². The van der Waals surface area contributed by atoms with Gasteiger partial charge in [-0.2, -0.15) is 13.2 Å². The SMILES string of the molecule is CCOC(=O)C(=N)/C(Br)=C(\Nc1ccccc1C(F)(F)F)c1nnc(-c2cccc(S(C)(=O)=O)c2)o1. The van der Waals surface area contributed by atoms with Crippen molar-refractivity contribution in [1.29, 1.82) is 5.41 Å². The molecule has 3 aromatic rings.